The monoisotopic (exact) mass is 366 g/mol. The number of nitrogens with one attached hydrogen (secondary N) is 1. The largest absolute Gasteiger partial charge is 0.376 e. The van der Waals surface area contributed by atoms with Crippen molar-refractivity contribution in [2.45, 2.75) is 45.1 Å². The van der Waals surface area contributed by atoms with E-state index in [2.05, 4.69) is 50.3 Å². The van der Waals surface area contributed by atoms with Gasteiger partial charge in [0, 0.05) is 24.7 Å². The van der Waals surface area contributed by atoms with Crippen molar-refractivity contribution in [1.82, 2.24) is 10.2 Å². The summed E-state index contributed by atoms with van der Waals surface area (Å²) in [5.41, 5.74) is 1.28. The Morgan fingerprint density at radius 3 is 2.72 bits per heavy atom. The van der Waals surface area contributed by atoms with Crippen molar-refractivity contribution in [1.29, 1.82) is 0 Å². The molecule has 0 spiro atoms. The fraction of sp³-hybridized carbons (Fsp3) is 0.714. The molecule has 1 heterocycles. The first-order valence-electron chi connectivity index (χ1n) is 9.60. The molecule has 1 fully saturated rings. The zero-order valence-electron chi connectivity index (χ0n) is 16.4. The third-order valence-corrected chi connectivity index (χ3v) is 5.64. The molecule has 1 saturated heterocycles. The van der Waals surface area contributed by atoms with Crippen LogP contribution in [-0.4, -0.2) is 50.8 Å². The van der Waals surface area contributed by atoms with E-state index in [4.69, 9.17) is 16.3 Å². The number of nitrogens with zero attached hydrogens (tertiary/aromatic N) is 1. The van der Waals surface area contributed by atoms with Crippen LogP contribution in [0.4, 0.5) is 0 Å². The van der Waals surface area contributed by atoms with Crippen LogP contribution >= 0.6 is 11.6 Å². The molecular weight excluding hydrogens is 332 g/mol. The van der Waals surface area contributed by atoms with Crippen LogP contribution in [0.3, 0.4) is 0 Å². The molecule has 1 N–H and O–H groups in total. The highest BCUT2D eigenvalue weighted by Gasteiger charge is 2.33. The molecule has 0 amide bonds. The zero-order valence-corrected chi connectivity index (χ0v) is 17.1. The number of ether oxygens (including phenoxy) is 1. The second-order valence-electron chi connectivity index (χ2n) is 8.26. The maximum Gasteiger partial charge on any atom is 0.0629 e. The fourth-order valence-corrected chi connectivity index (χ4v) is 4.06. The Bertz CT molecular complexity index is 518. The summed E-state index contributed by atoms with van der Waals surface area (Å²) in [6, 6.07) is 8.30. The van der Waals surface area contributed by atoms with E-state index in [0.717, 1.165) is 50.5 Å². The lowest BCUT2D eigenvalue weighted by atomic mass is 9.75. The van der Waals surface area contributed by atoms with Gasteiger partial charge in [0.2, 0.25) is 0 Å². The predicted molar refractivity (Wildman–Crippen MR) is 107 cm³/mol. The summed E-state index contributed by atoms with van der Waals surface area (Å²) in [5.74, 6) is 1.35. The molecule has 0 unspecified atom stereocenters. The summed E-state index contributed by atoms with van der Waals surface area (Å²) in [6.07, 6.45) is 4.56. The van der Waals surface area contributed by atoms with Gasteiger partial charge in [0.25, 0.3) is 0 Å². The van der Waals surface area contributed by atoms with Crippen molar-refractivity contribution in [3.8, 4) is 0 Å². The van der Waals surface area contributed by atoms with Crippen LogP contribution < -0.4 is 5.32 Å². The van der Waals surface area contributed by atoms with E-state index in [9.17, 15) is 0 Å². The van der Waals surface area contributed by atoms with Crippen molar-refractivity contribution >= 4 is 11.6 Å². The Morgan fingerprint density at radius 2 is 2.04 bits per heavy atom. The molecule has 0 saturated carbocycles. The molecule has 25 heavy (non-hydrogen) atoms. The average Bonchev–Trinajstić information content (AvgIpc) is 2.54. The lowest BCUT2D eigenvalue weighted by Crippen LogP contribution is -2.38. The summed E-state index contributed by atoms with van der Waals surface area (Å²) in [6.45, 7) is 8.53. The Kier molecular flexibility index (Phi) is 8.21. The van der Waals surface area contributed by atoms with Crippen LogP contribution in [0.5, 0.6) is 0 Å². The molecule has 1 aromatic carbocycles. The minimum atomic E-state index is 0.000000399. The molecule has 4 heteroatoms. The first-order chi connectivity index (χ1) is 11.9. The van der Waals surface area contributed by atoms with Crippen LogP contribution in [0, 0.1) is 11.8 Å². The summed E-state index contributed by atoms with van der Waals surface area (Å²) < 4.78 is 5.94. The molecule has 1 aliphatic rings. The Morgan fingerprint density at radius 1 is 1.28 bits per heavy atom. The van der Waals surface area contributed by atoms with Crippen molar-refractivity contribution in [2.24, 2.45) is 11.8 Å². The van der Waals surface area contributed by atoms with E-state index in [1.165, 1.54) is 12.0 Å². The lowest BCUT2D eigenvalue weighted by molar-refractivity contribution is -0.0830. The number of hydrogen-bond donors (Lipinski definition) is 1. The van der Waals surface area contributed by atoms with Gasteiger partial charge in [-0.25, -0.2) is 0 Å². The van der Waals surface area contributed by atoms with Gasteiger partial charge in [-0.1, -0.05) is 29.8 Å². The third kappa shape index (κ3) is 7.26. The summed E-state index contributed by atoms with van der Waals surface area (Å²) in [7, 11) is 4.23. The van der Waals surface area contributed by atoms with Crippen molar-refractivity contribution in [3.63, 3.8) is 0 Å². The molecule has 2 rings (SSSR count). The highest BCUT2D eigenvalue weighted by Crippen LogP contribution is 2.37. The maximum atomic E-state index is 6.44. The number of benzene rings is 1. The molecule has 1 aromatic rings. The number of halogens is 1. The van der Waals surface area contributed by atoms with Gasteiger partial charge < -0.3 is 15.0 Å². The van der Waals surface area contributed by atoms with E-state index in [-0.39, 0.29) is 5.60 Å². The number of likely N-dealkylation sites (N-methyl/N-ethyl adjacent to an activating group) is 1. The van der Waals surface area contributed by atoms with E-state index in [1.54, 1.807) is 0 Å². The average molecular weight is 367 g/mol. The molecular formula is C21H35ClN2O. The molecule has 0 bridgehead atoms. The van der Waals surface area contributed by atoms with Crippen LogP contribution in [0.1, 0.15) is 38.7 Å². The van der Waals surface area contributed by atoms with Gasteiger partial charge in [0.1, 0.15) is 0 Å². The second kappa shape index (κ2) is 9.91. The predicted octanol–water partition coefficient (Wildman–Crippen LogP) is 4.25. The summed E-state index contributed by atoms with van der Waals surface area (Å²) >= 11 is 6.44. The van der Waals surface area contributed by atoms with Gasteiger partial charge >= 0.3 is 0 Å². The molecule has 0 radical (unpaired) electrons. The molecule has 142 valence electrons. The Labute approximate surface area is 159 Å². The minimum Gasteiger partial charge on any atom is -0.376 e. The molecule has 0 aromatic heterocycles. The Hall–Kier alpha value is -0.610. The maximum absolute atomic E-state index is 6.44. The highest BCUT2D eigenvalue weighted by molar-refractivity contribution is 6.31. The van der Waals surface area contributed by atoms with Crippen molar-refractivity contribution in [3.05, 3.63) is 34.9 Å². The first kappa shape index (κ1) is 20.7. The van der Waals surface area contributed by atoms with Gasteiger partial charge in [-0.2, -0.15) is 0 Å². The highest BCUT2D eigenvalue weighted by atomic mass is 35.5. The van der Waals surface area contributed by atoms with Crippen molar-refractivity contribution < 1.29 is 4.74 Å². The summed E-state index contributed by atoms with van der Waals surface area (Å²) in [4.78, 5) is 2.22. The third-order valence-electron chi connectivity index (χ3n) is 5.27. The van der Waals surface area contributed by atoms with E-state index >= 15 is 0 Å². The van der Waals surface area contributed by atoms with E-state index in [0.29, 0.717) is 11.8 Å². The minimum absolute atomic E-state index is 0.000000399. The topological polar surface area (TPSA) is 24.5 Å². The van der Waals surface area contributed by atoms with Crippen LogP contribution in [0.25, 0.3) is 0 Å². The zero-order chi connectivity index (χ0) is 18.3. The standard InChI is InChI=1S/C21H35ClN2O/c1-21(2)16-19(10-14-25-21)17(9-11-23-12-13-24(3)4)15-18-7-5-6-8-20(18)22/h5-8,17,19,23H,9-16H2,1-4H3/t17-,19+/m0/s1. The smallest absolute Gasteiger partial charge is 0.0629 e. The van der Waals surface area contributed by atoms with Crippen LogP contribution in [0.15, 0.2) is 24.3 Å². The molecule has 0 aliphatic carbocycles. The quantitative estimate of drug-likeness (QED) is 0.661. The van der Waals surface area contributed by atoms with Crippen LogP contribution in [0.2, 0.25) is 5.02 Å². The van der Waals surface area contributed by atoms with E-state index < -0.39 is 0 Å². The Balaban J connectivity index is 1.97. The lowest BCUT2D eigenvalue weighted by Gasteiger charge is -2.39. The van der Waals surface area contributed by atoms with Gasteiger partial charge in [0.15, 0.2) is 0 Å². The second-order valence-corrected chi connectivity index (χ2v) is 8.67. The molecule has 2 atom stereocenters. The van der Waals surface area contributed by atoms with Gasteiger partial charge in [-0.05, 0) is 83.6 Å². The summed E-state index contributed by atoms with van der Waals surface area (Å²) in [5, 5.41) is 4.50. The number of rotatable bonds is 9. The van der Waals surface area contributed by atoms with Gasteiger partial charge in [-0.3, -0.25) is 0 Å². The fourth-order valence-electron chi connectivity index (χ4n) is 3.85. The number of hydrogen-bond acceptors (Lipinski definition) is 3. The van der Waals surface area contributed by atoms with Gasteiger partial charge in [-0.15, -0.1) is 0 Å². The molecule has 3 nitrogen and oxygen atoms in total. The van der Waals surface area contributed by atoms with Gasteiger partial charge in [0.05, 0.1) is 5.60 Å². The molecule has 1 aliphatic heterocycles. The first-order valence-corrected chi connectivity index (χ1v) is 9.98. The van der Waals surface area contributed by atoms with Crippen LogP contribution in [-0.2, 0) is 11.2 Å². The van der Waals surface area contributed by atoms with E-state index in [1.807, 2.05) is 12.1 Å². The SMILES string of the molecule is CN(C)CCNCC[C@@H](Cc1ccccc1Cl)[C@@H]1CCOC(C)(C)C1. The normalized spacial score (nSPS) is 21.4. The van der Waals surface area contributed by atoms with Crippen molar-refractivity contribution in [2.75, 3.05) is 40.3 Å².